The maximum absolute atomic E-state index is 3.27. The van der Waals surface area contributed by atoms with Crippen LogP contribution < -0.4 is 10.6 Å². The summed E-state index contributed by atoms with van der Waals surface area (Å²) in [4.78, 5) is 0. The Bertz CT molecular complexity index is 66.0. The van der Waals surface area contributed by atoms with E-state index in [1.165, 1.54) is 25.9 Å². The Hall–Kier alpha value is -0.0800. The highest BCUT2D eigenvalue weighted by Crippen LogP contribution is 2.03. The van der Waals surface area contributed by atoms with Crippen molar-refractivity contribution in [3.63, 3.8) is 0 Å². The molecular weight excluding hydrogens is 136 g/mol. The Morgan fingerprint density at radius 2 is 2.27 bits per heavy atom. The zero-order chi connectivity index (χ0) is 8.53. The standard InChI is InChI=1S/C5H11N.C4H11N/c1-5-2-3-6-4-5;1-3-4-5-2/h5-6H,2-4H2,1H3;5H,3-4H2,1-2H3/t5-;/m1./s1. The lowest BCUT2D eigenvalue weighted by molar-refractivity contribution is 0.651. The zero-order valence-corrected chi connectivity index (χ0v) is 8.11. The van der Waals surface area contributed by atoms with Crippen molar-refractivity contribution in [1.82, 2.24) is 10.6 Å². The second kappa shape index (κ2) is 8.02. The van der Waals surface area contributed by atoms with E-state index in [0.29, 0.717) is 0 Å². The summed E-state index contributed by atoms with van der Waals surface area (Å²) in [6.45, 7) is 8.04. The Morgan fingerprint density at radius 1 is 1.55 bits per heavy atom. The fourth-order valence-corrected chi connectivity index (χ4v) is 1.05. The first-order valence-electron chi connectivity index (χ1n) is 4.66. The molecule has 1 atom stereocenters. The van der Waals surface area contributed by atoms with Crippen LogP contribution in [-0.2, 0) is 0 Å². The van der Waals surface area contributed by atoms with Crippen molar-refractivity contribution in [2.45, 2.75) is 26.7 Å². The Kier molecular flexibility index (Phi) is 7.96. The van der Waals surface area contributed by atoms with Crippen LogP contribution in [0.3, 0.4) is 0 Å². The van der Waals surface area contributed by atoms with E-state index in [1.54, 1.807) is 0 Å². The molecule has 0 unspecified atom stereocenters. The smallest absolute Gasteiger partial charge is 0.00227 e. The van der Waals surface area contributed by atoms with Gasteiger partial charge in [0, 0.05) is 0 Å². The third kappa shape index (κ3) is 7.82. The summed E-state index contributed by atoms with van der Waals surface area (Å²) >= 11 is 0. The molecule has 0 aromatic heterocycles. The lowest BCUT2D eigenvalue weighted by atomic mass is 10.2. The van der Waals surface area contributed by atoms with E-state index in [4.69, 9.17) is 0 Å². The third-order valence-corrected chi connectivity index (χ3v) is 1.81. The number of rotatable bonds is 2. The molecule has 0 saturated carbocycles. The van der Waals surface area contributed by atoms with Gasteiger partial charge in [-0.15, -0.1) is 0 Å². The number of hydrogen-bond donors (Lipinski definition) is 2. The molecule has 1 aliphatic rings. The molecule has 0 spiro atoms. The molecule has 1 fully saturated rings. The topological polar surface area (TPSA) is 24.1 Å². The molecule has 0 aromatic carbocycles. The van der Waals surface area contributed by atoms with E-state index in [9.17, 15) is 0 Å². The monoisotopic (exact) mass is 158 g/mol. The molecule has 1 saturated heterocycles. The predicted octanol–water partition coefficient (Wildman–Crippen LogP) is 1.23. The summed E-state index contributed by atoms with van der Waals surface area (Å²) in [5, 5.41) is 6.29. The fourth-order valence-electron chi connectivity index (χ4n) is 1.05. The van der Waals surface area contributed by atoms with Crippen LogP contribution in [0, 0.1) is 5.92 Å². The summed E-state index contributed by atoms with van der Waals surface area (Å²) in [5.41, 5.74) is 0. The van der Waals surface area contributed by atoms with E-state index in [1.807, 2.05) is 7.05 Å². The second-order valence-corrected chi connectivity index (χ2v) is 3.20. The minimum atomic E-state index is 0.935. The van der Waals surface area contributed by atoms with Crippen LogP contribution in [0.2, 0.25) is 0 Å². The highest BCUT2D eigenvalue weighted by molar-refractivity contribution is 4.65. The summed E-state index contributed by atoms with van der Waals surface area (Å²) in [7, 11) is 1.96. The van der Waals surface area contributed by atoms with Crippen molar-refractivity contribution in [2.24, 2.45) is 5.92 Å². The van der Waals surface area contributed by atoms with Crippen molar-refractivity contribution >= 4 is 0 Å². The molecule has 1 aliphatic heterocycles. The molecule has 0 aliphatic carbocycles. The molecule has 2 heteroatoms. The molecule has 2 N–H and O–H groups in total. The lowest BCUT2D eigenvalue weighted by Crippen LogP contribution is -2.06. The maximum Gasteiger partial charge on any atom is -0.00227 e. The van der Waals surface area contributed by atoms with Gasteiger partial charge in [-0.05, 0) is 45.4 Å². The molecule has 1 heterocycles. The van der Waals surface area contributed by atoms with Gasteiger partial charge >= 0.3 is 0 Å². The van der Waals surface area contributed by atoms with Crippen molar-refractivity contribution in [1.29, 1.82) is 0 Å². The lowest BCUT2D eigenvalue weighted by Gasteiger charge is -1.90. The molecule has 11 heavy (non-hydrogen) atoms. The summed E-state index contributed by atoms with van der Waals surface area (Å²) in [6, 6.07) is 0. The minimum absolute atomic E-state index is 0.935. The van der Waals surface area contributed by atoms with Gasteiger partial charge in [-0.1, -0.05) is 13.8 Å². The van der Waals surface area contributed by atoms with Gasteiger partial charge in [-0.2, -0.15) is 0 Å². The molecule has 0 bridgehead atoms. The molecular formula is C9H22N2. The average Bonchev–Trinajstić information content (AvgIpc) is 2.43. The number of hydrogen-bond acceptors (Lipinski definition) is 2. The van der Waals surface area contributed by atoms with Gasteiger partial charge in [0.2, 0.25) is 0 Å². The van der Waals surface area contributed by atoms with Gasteiger partial charge in [0.15, 0.2) is 0 Å². The van der Waals surface area contributed by atoms with Crippen molar-refractivity contribution < 1.29 is 0 Å². The van der Waals surface area contributed by atoms with Crippen LogP contribution in [0.15, 0.2) is 0 Å². The van der Waals surface area contributed by atoms with E-state index in [-0.39, 0.29) is 0 Å². The molecule has 1 rings (SSSR count). The molecule has 0 radical (unpaired) electrons. The molecule has 0 aromatic rings. The first-order chi connectivity index (χ1) is 5.31. The van der Waals surface area contributed by atoms with Crippen molar-refractivity contribution in [2.75, 3.05) is 26.7 Å². The Labute approximate surface area is 70.8 Å². The maximum atomic E-state index is 3.27. The van der Waals surface area contributed by atoms with Gasteiger partial charge in [-0.3, -0.25) is 0 Å². The van der Waals surface area contributed by atoms with Gasteiger partial charge in [0.05, 0.1) is 0 Å². The van der Waals surface area contributed by atoms with Crippen molar-refractivity contribution in [3.8, 4) is 0 Å². The first kappa shape index (κ1) is 10.9. The third-order valence-electron chi connectivity index (χ3n) is 1.81. The Balaban J connectivity index is 0.000000187. The summed E-state index contributed by atoms with van der Waals surface area (Å²) < 4.78 is 0. The van der Waals surface area contributed by atoms with Crippen LogP contribution in [0.4, 0.5) is 0 Å². The highest BCUT2D eigenvalue weighted by Gasteiger charge is 2.06. The molecule has 2 nitrogen and oxygen atoms in total. The van der Waals surface area contributed by atoms with Gasteiger partial charge in [0.25, 0.3) is 0 Å². The van der Waals surface area contributed by atoms with E-state index in [0.717, 1.165) is 12.5 Å². The molecule has 68 valence electrons. The zero-order valence-electron chi connectivity index (χ0n) is 8.11. The fraction of sp³-hybridized carbons (Fsp3) is 1.00. The largest absolute Gasteiger partial charge is 0.320 e. The number of nitrogens with one attached hydrogen (secondary N) is 2. The first-order valence-corrected chi connectivity index (χ1v) is 4.66. The minimum Gasteiger partial charge on any atom is -0.320 e. The van der Waals surface area contributed by atoms with E-state index >= 15 is 0 Å². The molecule has 0 amide bonds. The summed E-state index contributed by atoms with van der Waals surface area (Å²) in [5.74, 6) is 0.935. The van der Waals surface area contributed by atoms with Crippen molar-refractivity contribution in [3.05, 3.63) is 0 Å². The van der Waals surface area contributed by atoms with Crippen LogP contribution >= 0.6 is 0 Å². The van der Waals surface area contributed by atoms with Crippen LogP contribution in [0.1, 0.15) is 26.7 Å². The van der Waals surface area contributed by atoms with Crippen LogP contribution in [0.25, 0.3) is 0 Å². The van der Waals surface area contributed by atoms with E-state index in [2.05, 4.69) is 24.5 Å². The summed E-state index contributed by atoms with van der Waals surface area (Å²) in [6.07, 6.45) is 2.61. The quantitative estimate of drug-likeness (QED) is 0.631. The van der Waals surface area contributed by atoms with Crippen LogP contribution in [-0.4, -0.2) is 26.7 Å². The normalized spacial score (nSPS) is 22.6. The predicted molar refractivity (Wildman–Crippen MR) is 50.9 cm³/mol. The van der Waals surface area contributed by atoms with Gasteiger partial charge in [-0.25, -0.2) is 0 Å². The van der Waals surface area contributed by atoms with Gasteiger partial charge < -0.3 is 10.6 Å². The highest BCUT2D eigenvalue weighted by atomic mass is 14.9. The SMILES string of the molecule is CCCNC.C[C@@H]1CCNC1. The van der Waals surface area contributed by atoms with E-state index < -0.39 is 0 Å². The average molecular weight is 158 g/mol. The second-order valence-electron chi connectivity index (χ2n) is 3.20. The Morgan fingerprint density at radius 3 is 2.36 bits per heavy atom. The van der Waals surface area contributed by atoms with Crippen LogP contribution in [0.5, 0.6) is 0 Å². The van der Waals surface area contributed by atoms with Gasteiger partial charge in [0.1, 0.15) is 0 Å².